The molecule has 0 aromatic heterocycles. The fourth-order valence-electron chi connectivity index (χ4n) is 2.09. The van der Waals surface area contributed by atoms with E-state index < -0.39 is 0 Å². The Kier molecular flexibility index (Phi) is 4.88. The largest absolute Gasteiger partial charge is 0.353 e. The standard InChI is InChI=1S/C11H24N4/c1-8(2)13-11(15-12)14-10-6-4-5-9(3)7-10/h8-10H,4-7,12H2,1-3H3,(H2,13,14,15). The molecule has 1 aliphatic carbocycles. The minimum atomic E-state index is 0.362. The van der Waals surface area contributed by atoms with Crippen molar-refractivity contribution in [2.24, 2.45) is 16.8 Å². The molecule has 0 radical (unpaired) electrons. The molecule has 2 unspecified atom stereocenters. The molecule has 0 aliphatic heterocycles. The average molecular weight is 212 g/mol. The highest BCUT2D eigenvalue weighted by atomic mass is 15.3. The molecule has 1 aliphatic rings. The monoisotopic (exact) mass is 212 g/mol. The summed E-state index contributed by atoms with van der Waals surface area (Å²) in [5, 5.41) is 3.21. The summed E-state index contributed by atoms with van der Waals surface area (Å²) in [6.45, 7) is 6.46. The number of nitrogens with zero attached hydrogens (tertiary/aromatic N) is 1. The third kappa shape index (κ3) is 4.51. The normalized spacial score (nSPS) is 27.9. The van der Waals surface area contributed by atoms with E-state index >= 15 is 0 Å². The van der Waals surface area contributed by atoms with Crippen LogP contribution in [0, 0.1) is 5.92 Å². The zero-order valence-electron chi connectivity index (χ0n) is 10.1. The van der Waals surface area contributed by atoms with Crippen LogP contribution in [0.1, 0.15) is 46.5 Å². The highest BCUT2D eigenvalue weighted by Crippen LogP contribution is 2.25. The first kappa shape index (κ1) is 12.3. The zero-order chi connectivity index (χ0) is 11.3. The molecule has 0 aromatic rings. The van der Waals surface area contributed by atoms with Crippen molar-refractivity contribution in [2.45, 2.75) is 58.5 Å². The van der Waals surface area contributed by atoms with Crippen molar-refractivity contribution < 1.29 is 0 Å². The molecule has 0 amide bonds. The molecule has 2 atom stereocenters. The van der Waals surface area contributed by atoms with E-state index in [-0.39, 0.29) is 0 Å². The number of hydrogen-bond donors (Lipinski definition) is 3. The van der Waals surface area contributed by atoms with Gasteiger partial charge in [0.2, 0.25) is 5.96 Å². The molecule has 4 N–H and O–H groups in total. The summed E-state index contributed by atoms with van der Waals surface area (Å²) in [4.78, 5) is 4.61. The summed E-state index contributed by atoms with van der Waals surface area (Å²) >= 11 is 0. The van der Waals surface area contributed by atoms with Crippen LogP contribution in [-0.2, 0) is 0 Å². The van der Waals surface area contributed by atoms with Crippen molar-refractivity contribution in [3.8, 4) is 0 Å². The smallest absolute Gasteiger partial charge is 0.206 e. The van der Waals surface area contributed by atoms with Gasteiger partial charge < -0.3 is 5.32 Å². The van der Waals surface area contributed by atoms with Gasteiger partial charge in [0.15, 0.2) is 0 Å². The summed E-state index contributed by atoms with van der Waals surface area (Å²) in [6.07, 6.45) is 5.00. The second-order valence-corrected chi connectivity index (χ2v) is 4.85. The maximum atomic E-state index is 5.43. The number of rotatable bonds is 2. The van der Waals surface area contributed by atoms with Crippen LogP contribution >= 0.6 is 0 Å². The molecule has 0 saturated heterocycles. The first-order chi connectivity index (χ1) is 7.11. The van der Waals surface area contributed by atoms with Gasteiger partial charge in [-0.15, -0.1) is 0 Å². The van der Waals surface area contributed by atoms with Crippen molar-refractivity contribution >= 4 is 5.96 Å². The average Bonchev–Trinajstić information content (AvgIpc) is 2.16. The van der Waals surface area contributed by atoms with Crippen LogP contribution in [0.4, 0.5) is 0 Å². The van der Waals surface area contributed by atoms with Crippen LogP contribution in [0.15, 0.2) is 4.99 Å². The van der Waals surface area contributed by atoms with Gasteiger partial charge in [-0.1, -0.05) is 19.8 Å². The lowest BCUT2D eigenvalue weighted by atomic mass is 9.87. The molecule has 0 heterocycles. The Hall–Kier alpha value is -0.770. The molecule has 1 fully saturated rings. The fraction of sp³-hybridized carbons (Fsp3) is 0.909. The zero-order valence-corrected chi connectivity index (χ0v) is 10.1. The van der Waals surface area contributed by atoms with Gasteiger partial charge in [0, 0.05) is 6.04 Å². The van der Waals surface area contributed by atoms with E-state index in [4.69, 9.17) is 5.84 Å². The highest BCUT2D eigenvalue weighted by Gasteiger charge is 2.18. The second-order valence-electron chi connectivity index (χ2n) is 4.85. The molecule has 0 bridgehead atoms. The van der Waals surface area contributed by atoms with E-state index in [2.05, 4.69) is 36.5 Å². The van der Waals surface area contributed by atoms with Gasteiger partial charge in [-0.25, -0.2) is 10.8 Å². The summed E-state index contributed by atoms with van der Waals surface area (Å²) < 4.78 is 0. The number of nitrogens with one attached hydrogen (secondary N) is 2. The Balaban J connectivity index is 2.49. The van der Waals surface area contributed by atoms with Crippen LogP contribution in [0.25, 0.3) is 0 Å². The topological polar surface area (TPSA) is 62.4 Å². The summed E-state index contributed by atoms with van der Waals surface area (Å²) in [5.74, 6) is 6.95. The van der Waals surface area contributed by atoms with Crippen molar-refractivity contribution in [1.82, 2.24) is 10.7 Å². The molecular formula is C11H24N4. The van der Waals surface area contributed by atoms with E-state index in [1.165, 1.54) is 25.7 Å². The SMILES string of the molecule is CC1CCCC(N=C(NN)NC(C)C)C1. The van der Waals surface area contributed by atoms with Gasteiger partial charge in [-0.3, -0.25) is 5.43 Å². The van der Waals surface area contributed by atoms with Crippen molar-refractivity contribution in [3.63, 3.8) is 0 Å². The molecule has 0 aromatic carbocycles. The molecule has 4 heteroatoms. The maximum Gasteiger partial charge on any atom is 0.206 e. The van der Waals surface area contributed by atoms with Gasteiger partial charge in [0.05, 0.1) is 6.04 Å². The van der Waals surface area contributed by atoms with Crippen molar-refractivity contribution in [3.05, 3.63) is 0 Å². The number of guanidine groups is 1. The summed E-state index contributed by atoms with van der Waals surface area (Å²) in [5.41, 5.74) is 2.63. The minimum absolute atomic E-state index is 0.362. The molecule has 1 rings (SSSR count). The predicted molar refractivity (Wildman–Crippen MR) is 64.4 cm³/mol. The van der Waals surface area contributed by atoms with Gasteiger partial charge in [-0.2, -0.15) is 0 Å². The van der Waals surface area contributed by atoms with Crippen molar-refractivity contribution in [2.75, 3.05) is 0 Å². The quantitative estimate of drug-likeness (QED) is 0.280. The van der Waals surface area contributed by atoms with Crippen LogP contribution < -0.4 is 16.6 Å². The van der Waals surface area contributed by atoms with Gasteiger partial charge in [0.25, 0.3) is 0 Å². The predicted octanol–water partition coefficient (Wildman–Crippen LogP) is 1.38. The second kappa shape index (κ2) is 5.95. The van der Waals surface area contributed by atoms with Crippen LogP contribution in [0.3, 0.4) is 0 Å². The van der Waals surface area contributed by atoms with E-state index in [1.807, 2.05) is 0 Å². The van der Waals surface area contributed by atoms with Gasteiger partial charge in [-0.05, 0) is 32.6 Å². The van der Waals surface area contributed by atoms with Crippen LogP contribution in [-0.4, -0.2) is 18.0 Å². The first-order valence-corrected chi connectivity index (χ1v) is 5.92. The maximum absolute atomic E-state index is 5.43. The molecule has 15 heavy (non-hydrogen) atoms. The number of nitrogens with two attached hydrogens (primary N) is 1. The Morgan fingerprint density at radius 1 is 1.40 bits per heavy atom. The van der Waals surface area contributed by atoms with Crippen LogP contribution in [0.2, 0.25) is 0 Å². The van der Waals surface area contributed by atoms with Crippen molar-refractivity contribution in [1.29, 1.82) is 0 Å². The Morgan fingerprint density at radius 2 is 2.13 bits per heavy atom. The number of hydrogen-bond acceptors (Lipinski definition) is 2. The number of aliphatic imine (C=N–C) groups is 1. The fourth-order valence-corrected chi connectivity index (χ4v) is 2.09. The number of hydrazine groups is 1. The summed E-state index contributed by atoms with van der Waals surface area (Å²) in [7, 11) is 0. The Labute approximate surface area is 92.7 Å². The lowest BCUT2D eigenvalue weighted by molar-refractivity contribution is 0.344. The van der Waals surface area contributed by atoms with E-state index in [0.29, 0.717) is 12.1 Å². The molecule has 88 valence electrons. The molecular weight excluding hydrogens is 188 g/mol. The lowest BCUT2D eigenvalue weighted by Gasteiger charge is -2.25. The molecule has 0 spiro atoms. The van der Waals surface area contributed by atoms with Crippen LogP contribution in [0.5, 0.6) is 0 Å². The third-order valence-electron chi connectivity index (χ3n) is 2.78. The third-order valence-corrected chi connectivity index (χ3v) is 2.78. The Bertz CT molecular complexity index is 213. The van der Waals surface area contributed by atoms with E-state index in [9.17, 15) is 0 Å². The highest BCUT2D eigenvalue weighted by molar-refractivity contribution is 5.79. The Morgan fingerprint density at radius 3 is 2.67 bits per heavy atom. The molecule has 4 nitrogen and oxygen atoms in total. The van der Waals surface area contributed by atoms with E-state index in [0.717, 1.165) is 11.9 Å². The molecule has 1 saturated carbocycles. The first-order valence-electron chi connectivity index (χ1n) is 5.92. The van der Waals surface area contributed by atoms with Gasteiger partial charge >= 0.3 is 0 Å². The minimum Gasteiger partial charge on any atom is -0.353 e. The van der Waals surface area contributed by atoms with Gasteiger partial charge in [0.1, 0.15) is 0 Å². The summed E-state index contributed by atoms with van der Waals surface area (Å²) in [6, 6.07) is 0.798. The van der Waals surface area contributed by atoms with E-state index in [1.54, 1.807) is 0 Å². The lowest BCUT2D eigenvalue weighted by Crippen LogP contribution is -2.45.